The number of allylic oxidation sites excluding steroid dienone is 1. The number of halogens is 4. The van der Waals surface area contributed by atoms with Gasteiger partial charge in [-0.15, -0.1) is 6.58 Å². The van der Waals surface area contributed by atoms with E-state index in [1.807, 2.05) is 0 Å². The SMILES string of the molecule is C=C[C@H](Cc1ccc(C(F)(F)F)cc1)[C@@H](Cc1ccc(F)cc1)[C@H](C)OC(=O)[C@H](C)NC(=O)c1nccc(OC)c1OC(C)=O. The molecule has 3 aromatic rings. The summed E-state index contributed by atoms with van der Waals surface area (Å²) in [6.45, 7) is 8.12. The molecule has 1 amide bonds. The van der Waals surface area contributed by atoms with Crippen LogP contribution in [0.25, 0.3) is 0 Å². The molecule has 2 aromatic carbocycles. The van der Waals surface area contributed by atoms with Crippen molar-refractivity contribution >= 4 is 17.8 Å². The van der Waals surface area contributed by atoms with E-state index in [4.69, 9.17) is 14.2 Å². The van der Waals surface area contributed by atoms with E-state index in [0.29, 0.717) is 18.4 Å². The minimum atomic E-state index is -4.47. The minimum Gasteiger partial charge on any atom is -0.493 e. The molecule has 1 aromatic heterocycles. The molecule has 0 aliphatic rings. The van der Waals surface area contributed by atoms with Gasteiger partial charge in [-0.3, -0.25) is 9.59 Å². The summed E-state index contributed by atoms with van der Waals surface area (Å²) in [5.74, 6) is -3.67. The van der Waals surface area contributed by atoms with E-state index in [1.165, 1.54) is 50.6 Å². The standard InChI is InChI=1S/C33H34F4N2O6/c1-6-24(17-22-7-11-25(12-8-22)33(35,36)37)27(18-23-9-13-26(34)14-10-23)20(3)44-32(42)19(2)39-31(41)29-30(45-21(4)40)28(43-5)15-16-38-29/h6-16,19-20,24,27H,1,17-18H2,2-5H3,(H,39,41)/t19-,20-,24+,27-/m0/s1. The first-order chi connectivity index (χ1) is 21.2. The van der Waals surface area contributed by atoms with Crippen LogP contribution in [0, 0.1) is 17.7 Å². The highest BCUT2D eigenvalue weighted by atomic mass is 19.4. The highest BCUT2D eigenvalue weighted by Gasteiger charge is 2.32. The Morgan fingerprint density at radius 2 is 1.58 bits per heavy atom. The van der Waals surface area contributed by atoms with Crippen LogP contribution >= 0.6 is 0 Å². The van der Waals surface area contributed by atoms with Crippen LogP contribution in [0.5, 0.6) is 11.5 Å². The van der Waals surface area contributed by atoms with Crippen molar-refractivity contribution < 1.29 is 46.2 Å². The smallest absolute Gasteiger partial charge is 0.416 e. The molecule has 0 aliphatic heterocycles. The van der Waals surface area contributed by atoms with E-state index in [1.54, 1.807) is 25.1 Å². The highest BCUT2D eigenvalue weighted by molar-refractivity contribution is 5.98. The van der Waals surface area contributed by atoms with Crippen molar-refractivity contribution in [1.29, 1.82) is 0 Å². The zero-order chi connectivity index (χ0) is 33.3. The third-order valence-corrected chi connectivity index (χ3v) is 7.15. The summed E-state index contributed by atoms with van der Waals surface area (Å²) in [6, 6.07) is 10.8. The molecule has 240 valence electrons. The van der Waals surface area contributed by atoms with Gasteiger partial charge in [-0.25, -0.2) is 14.2 Å². The van der Waals surface area contributed by atoms with Crippen LogP contribution in [0.15, 0.2) is 73.4 Å². The van der Waals surface area contributed by atoms with Crippen LogP contribution in [0.1, 0.15) is 48.0 Å². The second-order valence-corrected chi connectivity index (χ2v) is 10.4. The number of hydrogen-bond acceptors (Lipinski definition) is 7. The second-order valence-electron chi connectivity index (χ2n) is 10.4. The van der Waals surface area contributed by atoms with E-state index in [0.717, 1.165) is 24.6 Å². The van der Waals surface area contributed by atoms with Crippen molar-refractivity contribution in [3.63, 3.8) is 0 Å². The zero-order valence-electron chi connectivity index (χ0n) is 25.2. The number of pyridine rings is 1. The maximum absolute atomic E-state index is 13.6. The topological polar surface area (TPSA) is 104 Å². The van der Waals surface area contributed by atoms with Crippen LogP contribution in [0.2, 0.25) is 0 Å². The lowest BCUT2D eigenvalue weighted by Crippen LogP contribution is -2.43. The number of benzene rings is 2. The zero-order valence-corrected chi connectivity index (χ0v) is 25.2. The molecule has 1 heterocycles. The van der Waals surface area contributed by atoms with E-state index in [-0.39, 0.29) is 23.1 Å². The van der Waals surface area contributed by atoms with Crippen LogP contribution < -0.4 is 14.8 Å². The number of esters is 2. The molecule has 3 rings (SSSR count). The van der Waals surface area contributed by atoms with Gasteiger partial charge in [0.15, 0.2) is 11.4 Å². The molecular weight excluding hydrogens is 596 g/mol. The lowest BCUT2D eigenvalue weighted by atomic mass is 9.79. The number of rotatable bonds is 13. The largest absolute Gasteiger partial charge is 0.493 e. The molecule has 8 nitrogen and oxygen atoms in total. The summed E-state index contributed by atoms with van der Waals surface area (Å²) in [5, 5.41) is 2.49. The Morgan fingerprint density at radius 3 is 2.13 bits per heavy atom. The van der Waals surface area contributed by atoms with Crippen LogP contribution in [0.4, 0.5) is 17.6 Å². The molecule has 0 saturated heterocycles. The van der Waals surface area contributed by atoms with Gasteiger partial charge >= 0.3 is 18.1 Å². The van der Waals surface area contributed by atoms with Crippen molar-refractivity contribution in [2.45, 2.75) is 51.9 Å². The van der Waals surface area contributed by atoms with Gasteiger partial charge in [0.05, 0.1) is 12.7 Å². The van der Waals surface area contributed by atoms with E-state index >= 15 is 0 Å². The molecule has 1 N–H and O–H groups in total. The summed E-state index contributed by atoms with van der Waals surface area (Å²) < 4.78 is 68.8. The van der Waals surface area contributed by atoms with Crippen molar-refractivity contribution in [1.82, 2.24) is 10.3 Å². The summed E-state index contributed by atoms with van der Waals surface area (Å²) >= 11 is 0. The lowest BCUT2D eigenvalue weighted by Gasteiger charge is -2.31. The van der Waals surface area contributed by atoms with Gasteiger partial charge in [0.25, 0.3) is 5.91 Å². The number of amides is 1. The quantitative estimate of drug-likeness (QED) is 0.138. The van der Waals surface area contributed by atoms with Crippen LogP contribution in [-0.2, 0) is 33.3 Å². The van der Waals surface area contributed by atoms with Gasteiger partial charge < -0.3 is 19.5 Å². The summed E-state index contributed by atoms with van der Waals surface area (Å²) in [6.07, 6.45) is -1.70. The number of aromatic nitrogens is 1. The van der Waals surface area contributed by atoms with Gasteiger partial charge in [0.1, 0.15) is 18.0 Å². The van der Waals surface area contributed by atoms with Gasteiger partial charge in [0, 0.05) is 25.1 Å². The monoisotopic (exact) mass is 630 g/mol. The maximum atomic E-state index is 13.6. The maximum Gasteiger partial charge on any atom is 0.416 e. The Balaban J connectivity index is 1.80. The predicted molar refractivity (Wildman–Crippen MR) is 157 cm³/mol. The van der Waals surface area contributed by atoms with Crippen molar-refractivity contribution in [2.24, 2.45) is 11.8 Å². The summed E-state index contributed by atoms with van der Waals surface area (Å²) in [5.41, 5.74) is 0.305. The van der Waals surface area contributed by atoms with Crippen molar-refractivity contribution in [3.05, 3.63) is 102 Å². The highest BCUT2D eigenvalue weighted by Crippen LogP contribution is 2.32. The number of carbonyl (C=O) groups excluding carboxylic acids is 3. The van der Waals surface area contributed by atoms with Gasteiger partial charge in [-0.05, 0) is 68.0 Å². The fourth-order valence-electron chi connectivity index (χ4n) is 4.76. The molecule has 0 spiro atoms. The first-order valence-electron chi connectivity index (χ1n) is 14.0. The number of ether oxygens (including phenoxy) is 3. The molecule has 12 heteroatoms. The van der Waals surface area contributed by atoms with Crippen molar-refractivity contribution in [3.8, 4) is 11.5 Å². The third-order valence-electron chi connectivity index (χ3n) is 7.15. The number of carbonyl (C=O) groups is 3. The molecular formula is C33H34F4N2O6. The van der Waals surface area contributed by atoms with E-state index in [2.05, 4.69) is 16.9 Å². The fourth-order valence-corrected chi connectivity index (χ4v) is 4.76. The third kappa shape index (κ3) is 9.62. The number of methoxy groups -OCH3 is 1. The van der Waals surface area contributed by atoms with Gasteiger partial charge in [-0.2, -0.15) is 13.2 Å². The molecule has 0 aliphatic carbocycles. The predicted octanol–water partition coefficient (Wildman–Crippen LogP) is 6.13. The lowest BCUT2D eigenvalue weighted by molar-refractivity contribution is -0.153. The Hall–Kier alpha value is -4.74. The Kier molecular flexibility index (Phi) is 11.8. The first-order valence-corrected chi connectivity index (χ1v) is 14.0. The van der Waals surface area contributed by atoms with Gasteiger partial charge in [-0.1, -0.05) is 30.3 Å². The first kappa shape index (κ1) is 34.7. The fraction of sp³-hybridized carbons (Fsp3) is 0.333. The number of nitrogens with zero attached hydrogens (tertiary/aromatic N) is 1. The summed E-state index contributed by atoms with van der Waals surface area (Å²) in [4.78, 5) is 41.7. The van der Waals surface area contributed by atoms with Crippen LogP contribution in [-0.4, -0.2) is 42.1 Å². The average molecular weight is 631 g/mol. The molecule has 45 heavy (non-hydrogen) atoms. The normalized spacial score (nSPS) is 14.0. The van der Waals surface area contributed by atoms with E-state index < -0.39 is 53.5 Å². The Morgan fingerprint density at radius 1 is 0.978 bits per heavy atom. The minimum absolute atomic E-state index is 0.0846. The Bertz CT molecular complexity index is 1490. The van der Waals surface area contributed by atoms with E-state index in [9.17, 15) is 31.9 Å². The molecule has 4 atom stereocenters. The molecule has 0 unspecified atom stereocenters. The molecule has 0 fully saturated rings. The second kappa shape index (κ2) is 15.3. The van der Waals surface area contributed by atoms with Crippen molar-refractivity contribution in [2.75, 3.05) is 7.11 Å². The number of hydrogen-bond donors (Lipinski definition) is 1. The molecule has 0 radical (unpaired) electrons. The molecule has 0 saturated carbocycles. The molecule has 0 bridgehead atoms. The Labute approximate surface area is 258 Å². The summed E-state index contributed by atoms with van der Waals surface area (Å²) in [7, 11) is 1.32. The van der Waals surface area contributed by atoms with Crippen LogP contribution in [0.3, 0.4) is 0 Å². The number of alkyl halides is 3. The number of nitrogens with one attached hydrogen (secondary N) is 1. The van der Waals surface area contributed by atoms with Gasteiger partial charge in [0.2, 0.25) is 5.75 Å². The average Bonchev–Trinajstić information content (AvgIpc) is 2.99.